The van der Waals surface area contributed by atoms with Gasteiger partial charge in [0.2, 0.25) is 0 Å². The van der Waals surface area contributed by atoms with Crippen LogP contribution in [0.15, 0.2) is 133 Å². The van der Waals surface area contributed by atoms with Crippen LogP contribution in [0.3, 0.4) is 0 Å². The first-order chi connectivity index (χ1) is 22.1. The fourth-order valence-corrected chi connectivity index (χ4v) is 7.20. The highest BCUT2D eigenvalue weighted by atomic mass is 19.4. The van der Waals surface area contributed by atoms with Gasteiger partial charge in [0, 0.05) is 33.8 Å². The summed E-state index contributed by atoms with van der Waals surface area (Å²) < 4.78 is 43.3. The molecule has 5 aromatic carbocycles. The van der Waals surface area contributed by atoms with Crippen molar-refractivity contribution in [2.24, 2.45) is 0 Å². The van der Waals surface area contributed by atoms with Crippen LogP contribution < -0.4 is 4.90 Å². The Labute approximate surface area is 266 Å². The number of halogens is 3. The molecule has 0 saturated carbocycles. The molecular weight excluding hydrogens is 577 g/mol. The fraction of sp³-hybridized carbons (Fsp3) is 0.171. The molecule has 0 fully saturated rings. The number of hydrogen-bond donors (Lipinski definition) is 0. The zero-order valence-corrected chi connectivity index (χ0v) is 25.9. The molecule has 0 spiro atoms. The lowest BCUT2D eigenvalue weighted by atomic mass is 9.86. The van der Waals surface area contributed by atoms with Gasteiger partial charge in [0.15, 0.2) is 0 Å². The lowest BCUT2D eigenvalue weighted by Gasteiger charge is -2.29. The highest BCUT2D eigenvalue weighted by Gasteiger charge is 2.40. The van der Waals surface area contributed by atoms with Crippen molar-refractivity contribution in [3.05, 3.63) is 150 Å². The molecule has 2 aliphatic rings. The highest BCUT2D eigenvalue weighted by Crippen LogP contribution is 2.49. The normalized spacial score (nSPS) is 17.6. The average Bonchev–Trinajstić information content (AvgIpc) is 3.56. The van der Waals surface area contributed by atoms with Gasteiger partial charge in [0.25, 0.3) is 0 Å². The second-order valence-electron chi connectivity index (χ2n) is 13.4. The smallest absolute Gasteiger partial charge is 0.333 e. The van der Waals surface area contributed by atoms with Crippen LogP contribution in [0.25, 0.3) is 38.6 Å². The van der Waals surface area contributed by atoms with Gasteiger partial charge in [0.05, 0.1) is 22.6 Å². The van der Waals surface area contributed by atoms with Crippen molar-refractivity contribution in [1.29, 1.82) is 0 Å². The maximum atomic E-state index is 13.7. The van der Waals surface area contributed by atoms with Crippen LogP contribution in [-0.2, 0) is 11.6 Å². The van der Waals surface area contributed by atoms with Gasteiger partial charge in [-0.15, -0.1) is 0 Å². The minimum atomic E-state index is -4.39. The van der Waals surface area contributed by atoms with Gasteiger partial charge in [-0.05, 0) is 88.3 Å². The number of nitrogens with zero attached hydrogens (tertiary/aromatic N) is 2. The third kappa shape index (κ3) is 4.56. The quantitative estimate of drug-likeness (QED) is 0.194. The summed E-state index contributed by atoms with van der Waals surface area (Å²) in [5.41, 5.74) is 8.70. The van der Waals surface area contributed by atoms with E-state index in [0.29, 0.717) is 5.56 Å². The number of allylic oxidation sites excluding steroid dienone is 2. The van der Waals surface area contributed by atoms with E-state index in [0.717, 1.165) is 39.2 Å². The molecule has 2 atom stereocenters. The zero-order chi connectivity index (χ0) is 31.8. The van der Waals surface area contributed by atoms with E-state index in [1.54, 1.807) is 6.07 Å². The number of aromatic nitrogens is 1. The Bertz CT molecular complexity index is 2210. The van der Waals surface area contributed by atoms with Crippen molar-refractivity contribution in [3.8, 4) is 16.8 Å². The Hall–Kier alpha value is -5.03. The van der Waals surface area contributed by atoms with Crippen molar-refractivity contribution in [3.63, 3.8) is 0 Å². The maximum absolute atomic E-state index is 13.7. The highest BCUT2D eigenvalue weighted by molar-refractivity contribution is 6.09. The van der Waals surface area contributed by atoms with E-state index in [-0.39, 0.29) is 17.4 Å². The SMILES string of the molecule is CC(C)(C)c1ccc2c(c1)c1ccccc1n2-c1cccc(-c2cccc(N3c4ccc(C(F)(F)F)cc4C4C=CC=CC43)c2)c1. The van der Waals surface area contributed by atoms with Crippen LogP contribution in [0.5, 0.6) is 0 Å². The molecule has 0 bridgehead atoms. The third-order valence-corrected chi connectivity index (χ3v) is 9.48. The molecule has 1 aliphatic carbocycles. The van der Waals surface area contributed by atoms with E-state index in [1.807, 2.05) is 30.4 Å². The van der Waals surface area contributed by atoms with Gasteiger partial charge in [-0.3, -0.25) is 0 Å². The van der Waals surface area contributed by atoms with Crippen LogP contribution in [0.2, 0.25) is 0 Å². The molecule has 228 valence electrons. The predicted octanol–water partition coefficient (Wildman–Crippen LogP) is 11.5. The van der Waals surface area contributed by atoms with Crippen molar-refractivity contribution in [2.45, 2.75) is 44.3 Å². The molecule has 2 heterocycles. The Balaban J connectivity index is 1.23. The molecule has 8 rings (SSSR count). The van der Waals surface area contributed by atoms with Crippen LogP contribution in [0.1, 0.15) is 43.4 Å². The van der Waals surface area contributed by atoms with Crippen molar-refractivity contribution < 1.29 is 13.2 Å². The summed E-state index contributed by atoms with van der Waals surface area (Å²) in [6, 6.07) is 36.3. The third-order valence-electron chi connectivity index (χ3n) is 9.48. The molecule has 2 nitrogen and oxygen atoms in total. The lowest BCUT2D eigenvalue weighted by Crippen LogP contribution is -2.28. The first kappa shape index (κ1) is 28.4. The molecule has 1 aromatic heterocycles. The molecular formula is C41H33F3N2. The average molecular weight is 611 g/mol. The number of hydrogen-bond acceptors (Lipinski definition) is 1. The number of anilines is 2. The zero-order valence-electron chi connectivity index (χ0n) is 25.9. The summed E-state index contributed by atoms with van der Waals surface area (Å²) in [4.78, 5) is 2.17. The van der Waals surface area contributed by atoms with Gasteiger partial charge >= 0.3 is 6.18 Å². The largest absolute Gasteiger partial charge is 0.416 e. The first-order valence-electron chi connectivity index (χ1n) is 15.7. The molecule has 6 aromatic rings. The Morgan fingerprint density at radius 1 is 0.587 bits per heavy atom. The van der Waals surface area contributed by atoms with Gasteiger partial charge in [-0.25, -0.2) is 0 Å². The van der Waals surface area contributed by atoms with Gasteiger partial charge in [-0.2, -0.15) is 13.2 Å². The van der Waals surface area contributed by atoms with Crippen LogP contribution in [-0.4, -0.2) is 10.6 Å². The summed E-state index contributed by atoms with van der Waals surface area (Å²) in [5, 5.41) is 2.46. The topological polar surface area (TPSA) is 8.17 Å². The summed E-state index contributed by atoms with van der Waals surface area (Å²) in [6.07, 6.45) is 3.61. The van der Waals surface area contributed by atoms with E-state index in [4.69, 9.17) is 0 Å². The van der Waals surface area contributed by atoms with Gasteiger partial charge in [-0.1, -0.05) is 93.6 Å². The van der Waals surface area contributed by atoms with E-state index in [2.05, 4.69) is 115 Å². The number of para-hydroxylation sites is 1. The molecule has 0 amide bonds. The van der Waals surface area contributed by atoms with E-state index in [1.165, 1.54) is 28.5 Å². The molecule has 1 aliphatic heterocycles. The van der Waals surface area contributed by atoms with Gasteiger partial charge < -0.3 is 9.47 Å². The van der Waals surface area contributed by atoms with Crippen molar-refractivity contribution in [2.75, 3.05) is 4.90 Å². The number of fused-ring (bicyclic) bond motifs is 6. The molecule has 5 heteroatoms. The van der Waals surface area contributed by atoms with Crippen LogP contribution in [0.4, 0.5) is 24.5 Å². The first-order valence-corrected chi connectivity index (χ1v) is 15.7. The maximum Gasteiger partial charge on any atom is 0.416 e. The number of rotatable bonds is 3. The Morgan fingerprint density at radius 2 is 1.26 bits per heavy atom. The second kappa shape index (κ2) is 10.2. The fourth-order valence-electron chi connectivity index (χ4n) is 7.20. The summed E-state index contributed by atoms with van der Waals surface area (Å²) >= 11 is 0. The number of alkyl halides is 3. The summed E-state index contributed by atoms with van der Waals surface area (Å²) in [6.45, 7) is 6.73. The minimum absolute atomic E-state index is 0.0442. The van der Waals surface area contributed by atoms with E-state index in [9.17, 15) is 13.2 Å². The minimum Gasteiger partial charge on any atom is -0.333 e. The molecule has 0 N–H and O–H groups in total. The Morgan fingerprint density at radius 3 is 2.02 bits per heavy atom. The lowest BCUT2D eigenvalue weighted by molar-refractivity contribution is -0.137. The molecule has 0 radical (unpaired) electrons. The predicted molar refractivity (Wildman–Crippen MR) is 183 cm³/mol. The molecule has 46 heavy (non-hydrogen) atoms. The second-order valence-corrected chi connectivity index (χ2v) is 13.4. The van der Waals surface area contributed by atoms with E-state index >= 15 is 0 Å². The van der Waals surface area contributed by atoms with Gasteiger partial charge in [0.1, 0.15) is 0 Å². The van der Waals surface area contributed by atoms with Crippen molar-refractivity contribution in [1.82, 2.24) is 4.57 Å². The monoisotopic (exact) mass is 610 g/mol. The van der Waals surface area contributed by atoms with Crippen molar-refractivity contribution >= 4 is 33.2 Å². The standard InChI is InChI=1S/C41H33F3N2/c1-40(2,3)28-18-20-38-34(24-28)32-14-4-6-16-36(32)45(38)30-12-8-10-26(22-30)27-11-9-13-31(23-27)46-37-17-7-5-15-33(37)35-25-29(41(42,43)44)19-21-39(35)46/h4-25,33,37H,1-3H3. The van der Waals surface area contributed by atoms with Crippen LogP contribution in [0, 0.1) is 0 Å². The number of benzene rings is 5. The van der Waals surface area contributed by atoms with E-state index < -0.39 is 11.7 Å². The van der Waals surface area contributed by atoms with Crippen LogP contribution >= 0.6 is 0 Å². The molecule has 0 saturated heterocycles. The Kier molecular flexibility index (Phi) is 6.34. The summed E-state index contributed by atoms with van der Waals surface area (Å²) in [7, 11) is 0. The molecule has 2 unspecified atom stereocenters. The summed E-state index contributed by atoms with van der Waals surface area (Å²) in [5.74, 6) is -0.150.